The molecule has 0 aliphatic carbocycles. The summed E-state index contributed by atoms with van der Waals surface area (Å²) in [6.45, 7) is 5.71. The second kappa shape index (κ2) is 9.43. The molecule has 30 heavy (non-hydrogen) atoms. The van der Waals surface area contributed by atoms with Gasteiger partial charge in [-0.2, -0.15) is 0 Å². The van der Waals surface area contributed by atoms with Gasteiger partial charge in [0.15, 0.2) is 0 Å². The molecule has 1 N–H and O–H groups in total. The fraction of sp³-hybridized carbons (Fsp3) is 0.304. The molecular formula is C23H24FN3O3. The van der Waals surface area contributed by atoms with Crippen LogP contribution in [0.2, 0.25) is 0 Å². The summed E-state index contributed by atoms with van der Waals surface area (Å²) in [5, 5.41) is 2.72. The minimum atomic E-state index is -0.703. The van der Waals surface area contributed by atoms with Crippen LogP contribution in [0.3, 0.4) is 0 Å². The van der Waals surface area contributed by atoms with Crippen LogP contribution in [0.15, 0.2) is 36.4 Å². The van der Waals surface area contributed by atoms with Crippen LogP contribution in [-0.2, 0) is 16.0 Å². The summed E-state index contributed by atoms with van der Waals surface area (Å²) < 4.78 is 19.1. The number of aromatic nitrogens is 2. The van der Waals surface area contributed by atoms with Crippen molar-refractivity contribution in [1.29, 1.82) is 0 Å². The third-order valence-corrected chi connectivity index (χ3v) is 4.78. The largest absolute Gasteiger partial charge is 0.460 e. The Balaban J connectivity index is 1.51. The van der Waals surface area contributed by atoms with E-state index in [-0.39, 0.29) is 24.6 Å². The molecule has 0 aliphatic rings. The SMILES string of the molecule is Cc1ccc(CCC(=O)NCCOC(=O)c2cc(F)cc3nc(C)c(C)nc23)cc1. The molecule has 0 saturated carbocycles. The highest BCUT2D eigenvalue weighted by Gasteiger charge is 2.17. The van der Waals surface area contributed by atoms with Crippen LogP contribution >= 0.6 is 0 Å². The Kier molecular flexibility index (Phi) is 6.72. The monoisotopic (exact) mass is 409 g/mol. The Morgan fingerprint density at radius 1 is 1.03 bits per heavy atom. The number of fused-ring (bicyclic) bond motifs is 1. The van der Waals surface area contributed by atoms with E-state index in [1.807, 2.05) is 31.2 Å². The van der Waals surface area contributed by atoms with Crippen LogP contribution in [0.25, 0.3) is 11.0 Å². The minimum Gasteiger partial charge on any atom is -0.460 e. The van der Waals surface area contributed by atoms with Gasteiger partial charge in [0.2, 0.25) is 5.91 Å². The zero-order valence-electron chi connectivity index (χ0n) is 17.3. The fourth-order valence-corrected chi connectivity index (χ4v) is 2.97. The molecule has 0 bridgehead atoms. The van der Waals surface area contributed by atoms with E-state index < -0.39 is 11.8 Å². The number of hydrogen-bond donors (Lipinski definition) is 1. The zero-order valence-corrected chi connectivity index (χ0v) is 17.3. The summed E-state index contributed by atoms with van der Waals surface area (Å²) in [5.41, 5.74) is 4.20. The third kappa shape index (κ3) is 5.37. The first-order valence-electron chi connectivity index (χ1n) is 9.77. The summed E-state index contributed by atoms with van der Waals surface area (Å²) in [6, 6.07) is 10.3. The number of esters is 1. The second-order valence-electron chi connectivity index (χ2n) is 7.19. The first-order valence-corrected chi connectivity index (χ1v) is 9.77. The van der Waals surface area contributed by atoms with Gasteiger partial charge in [-0.15, -0.1) is 0 Å². The highest BCUT2D eigenvalue weighted by atomic mass is 19.1. The van der Waals surface area contributed by atoms with Gasteiger partial charge in [0.25, 0.3) is 0 Å². The molecule has 3 rings (SSSR count). The smallest absolute Gasteiger partial charge is 0.340 e. The summed E-state index contributed by atoms with van der Waals surface area (Å²) in [4.78, 5) is 33.0. The Morgan fingerprint density at radius 2 is 1.73 bits per heavy atom. The van der Waals surface area contributed by atoms with Crippen molar-refractivity contribution in [2.24, 2.45) is 0 Å². The number of nitrogens with one attached hydrogen (secondary N) is 1. The van der Waals surface area contributed by atoms with E-state index in [0.717, 1.165) is 11.6 Å². The highest BCUT2D eigenvalue weighted by molar-refractivity contribution is 6.01. The maximum atomic E-state index is 13.9. The molecule has 6 nitrogen and oxygen atoms in total. The molecule has 0 aliphatic heterocycles. The fourth-order valence-electron chi connectivity index (χ4n) is 2.97. The van der Waals surface area contributed by atoms with Crippen LogP contribution < -0.4 is 5.32 Å². The van der Waals surface area contributed by atoms with E-state index in [1.54, 1.807) is 13.8 Å². The predicted molar refractivity (Wildman–Crippen MR) is 112 cm³/mol. The molecule has 1 aromatic heterocycles. The topological polar surface area (TPSA) is 81.2 Å². The number of rotatable bonds is 7. The van der Waals surface area contributed by atoms with Crippen molar-refractivity contribution in [3.05, 3.63) is 70.3 Å². The molecule has 0 unspecified atom stereocenters. The Hall–Kier alpha value is -3.35. The lowest BCUT2D eigenvalue weighted by molar-refractivity contribution is -0.121. The highest BCUT2D eigenvalue weighted by Crippen LogP contribution is 2.20. The lowest BCUT2D eigenvalue weighted by Crippen LogP contribution is -2.28. The predicted octanol–water partition coefficient (Wildman–Crippen LogP) is 3.60. The van der Waals surface area contributed by atoms with Gasteiger partial charge in [0, 0.05) is 12.5 Å². The molecule has 0 saturated heterocycles. The molecule has 0 fully saturated rings. The quantitative estimate of drug-likeness (QED) is 0.476. The van der Waals surface area contributed by atoms with Gasteiger partial charge in [-0.05, 0) is 38.8 Å². The van der Waals surface area contributed by atoms with E-state index in [4.69, 9.17) is 4.74 Å². The summed E-state index contributed by atoms with van der Waals surface area (Å²) >= 11 is 0. The third-order valence-electron chi connectivity index (χ3n) is 4.78. The maximum absolute atomic E-state index is 13.9. The van der Waals surface area contributed by atoms with Crippen molar-refractivity contribution < 1.29 is 18.7 Å². The Morgan fingerprint density at radius 3 is 2.47 bits per heavy atom. The van der Waals surface area contributed by atoms with E-state index in [1.165, 1.54) is 11.6 Å². The van der Waals surface area contributed by atoms with Crippen molar-refractivity contribution in [3.63, 3.8) is 0 Å². The van der Waals surface area contributed by atoms with Crippen LogP contribution in [0, 0.1) is 26.6 Å². The van der Waals surface area contributed by atoms with Gasteiger partial charge < -0.3 is 10.1 Å². The number of ether oxygens (including phenoxy) is 1. The summed E-state index contributed by atoms with van der Waals surface area (Å²) in [7, 11) is 0. The van der Waals surface area contributed by atoms with Gasteiger partial charge in [0.1, 0.15) is 17.9 Å². The number of aryl methyl sites for hydroxylation is 4. The molecule has 3 aromatic rings. The molecule has 1 heterocycles. The standard InChI is InChI=1S/C23H24FN3O3/c1-14-4-6-17(7-5-14)8-9-21(28)25-10-11-30-23(29)19-12-18(24)13-20-22(19)27-16(3)15(2)26-20/h4-7,12-13H,8-11H2,1-3H3,(H,25,28). The zero-order chi connectivity index (χ0) is 21.7. The molecule has 156 valence electrons. The Bertz CT molecular complexity index is 1080. The van der Waals surface area contributed by atoms with E-state index >= 15 is 0 Å². The van der Waals surface area contributed by atoms with E-state index in [9.17, 15) is 14.0 Å². The number of benzene rings is 2. The number of carbonyl (C=O) groups is 2. The van der Waals surface area contributed by atoms with Crippen molar-refractivity contribution in [2.75, 3.05) is 13.2 Å². The first-order chi connectivity index (χ1) is 14.3. The van der Waals surface area contributed by atoms with Crippen molar-refractivity contribution in [2.45, 2.75) is 33.6 Å². The normalized spacial score (nSPS) is 10.8. The van der Waals surface area contributed by atoms with Crippen LogP contribution in [0.1, 0.15) is 39.3 Å². The van der Waals surface area contributed by atoms with Gasteiger partial charge in [-0.1, -0.05) is 29.8 Å². The van der Waals surface area contributed by atoms with Gasteiger partial charge in [-0.25, -0.2) is 19.2 Å². The minimum absolute atomic E-state index is 0.0197. The number of hydrogen-bond acceptors (Lipinski definition) is 5. The van der Waals surface area contributed by atoms with Gasteiger partial charge >= 0.3 is 5.97 Å². The van der Waals surface area contributed by atoms with Crippen molar-refractivity contribution >= 4 is 22.9 Å². The second-order valence-corrected chi connectivity index (χ2v) is 7.19. The molecule has 0 atom stereocenters. The van der Waals surface area contributed by atoms with Crippen LogP contribution in [0.5, 0.6) is 0 Å². The summed E-state index contributed by atoms with van der Waals surface area (Å²) in [6.07, 6.45) is 0.985. The lowest BCUT2D eigenvalue weighted by atomic mass is 10.1. The average molecular weight is 409 g/mol. The van der Waals surface area contributed by atoms with E-state index in [0.29, 0.717) is 35.3 Å². The van der Waals surface area contributed by atoms with Crippen molar-refractivity contribution in [1.82, 2.24) is 15.3 Å². The molecule has 1 amide bonds. The molecule has 0 radical (unpaired) electrons. The maximum Gasteiger partial charge on any atom is 0.340 e. The van der Waals surface area contributed by atoms with E-state index in [2.05, 4.69) is 15.3 Å². The molecular weight excluding hydrogens is 385 g/mol. The number of carbonyl (C=O) groups excluding carboxylic acids is 2. The van der Waals surface area contributed by atoms with Crippen LogP contribution in [-0.4, -0.2) is 35.0 Å². The molecule has 2 aromatic carbocycles. The first kappa shape index (κ1) is 21.4. The van der Waals surface area contributed by atoms with Gasteiger partial charge in [0.05, 0.1) is 29.0 Å². The number of nitrogens with zero attached hydrogens (tertiary/aromatic N) is 2. The van der Waals surface area contributed by atoms with Crippen LogP contribution in [0.4, 0.5) is 4.39 Å². The Labute approximate surface area is 174 Å². The average Bonchev–Trinajstić information content (AvgIpc) is 2.71. The molecule has 0 spiro atoms. The van der Waals surface area contributed by atoms with Gasteiger partial charge in [-0.3, -0.25) is 4.79 Å². The number of amides is 1. The number of halogens is 1. The lowest BCUT2D eigenvalue weighted by Gasteiger charge is -2.10. The van der Waals surface area contributed by atoms with Crippen molar-refractivity contribution in [3.8, 4) is 0 Å². The summed E-state index contributed by atoms with van der Waals surface area (Å²) in [5.74, 6) is -1.41. The molecule has 7 heteroatoms.